The van der Waals surface area contributed by atoms with Crippen molar-refractivity contribution in [1.29, 1.82) is 0 Å². The zero-order valence-corrected chi connectivity index (χ0v) is 12.8. The van der Waals surface area contributed by atoms with Gasteiger partial charge in [0.2, 0.25) is 5.91 Å². The summed E-state index contributed by atoms with van der Waals surface area (Å²) in [6, 6.07) is 11.5. The Balaban J connectivity index is 1.68. The van der Waals surface area contributed by atoms with Gasteiger partial charge in [0.05, 0.1) is 5.92 Å². The fourth-order valence-corrected chi connectivity index (χ4v) is 2.49. The summed E-state index contributed by atoms with van der Waals surface area (Å²) in [7, 11) is 0. The number of pyridine rings is 1. The van der Waals surface area contributed by atoms with Crippen molar-refractivity contribution in [2.24, 2.45) is 5.92 Å². The predicted molar refractivity (Wildman–Crippen MR) is 84.7 cm³/mol. The van der Waals surface area contributed by atoms with Gasteiger partial charge in [-0.2, -0.15) is 0 Å². The molecule has 0 aliphatic carbocycles. The van der Waals surface area contributed by atoms with E-state index in [0.717, 1.165) is 14.9 Å². The number of para-hydroxylation sites is 1. The number of rotatable bonds is 2. The largest absolute Gasteiger partial charge is 0.492 e. The van der Waals surface area contributed by atoms with Crippen molar-refractivity contribution in [2.45, 2.75) is 6.42 Å². The fraction of sp³-hybridized carbons (Fsp3) is 0.200. The normalized spacial score (nSPS) is 16.9. The zero-order valence-electron chi connectivity index (χ0n) is 10.7. The van der Waals surface area contributed by atoms with Crippen molar-refractivity contribution in [3.8, 4) is 5.75 Å². The van der Waals surface area contributed by atoms with E-state index in [4.69, 9.17) is 4.74 Å². The average Bonchev–Trinajstić information content (AvgIpc) is 2.49. The van der Waals surface area contributed by atoms with Crippen LogP contribution in [0.1, 0.15) is 5.56 Å². The molecule has 1 aromatic heterocycles. The van der Waals surface area contributed by atoms with Crippen LogP contribution in [0.5, 0.6) is 5.75 Å². The molecule has 2 heterocycles. The first-order valence-corrected chi connectivity index (χ1v) is 7.43. The van der Waals surface area contributed by atoms with Gasteiger partial charge in [-0.05, 0) is 52.8 Å². The van der Waals surface area contributed by atoms with Gasteiger partial charge < -0.3 is 10.1 Å². The van der Waals surface area contributed by atoms with Crippen LogP contribution in [0.3, 0.4) is 0 Å². The summed E-state index contributed by atoms with van der Waals surface area (Å²) in [6.07, 6.45) is 2.43. The number of hydrogen-bond acceptors (Lipinski definition) is 3. The number of benzene rings is 1. The molecule has 4 nitrogen and oxygen atoms in total. The minimum absolute atomic E-state index is 0.0480. The van der Waals surface area contributed by atoms with Crippen LogP contribution in [0, 0.1) is 9.49 Å². The van der Waals surface area contributed by atoms with Crippen LogP contribution < -0.4 is 10.1 Å². The van der Waals surface area contributed by atoms with Crippen LogP contribution in [-0.4, -0.2) is 17.5 Å². The maximum Gasteiger partial charge on any atom is 0.232 e. The maximum absolute atomic E-state index is 12.2. The van der Waals surface area contributed by atoms with E-state index in [1.807, 2.05) is 30.3 Å². The van der Waals surface area contributed by atoms with E-state index in [-0.39, 0.29) is 11.8 Å². The number of hydrogen-bond donors (Lipinski definition) is 1. The van der Waals surface area contributed by atoms with E-state index in [9.17, 15) is 4.79 Å². The van der Waals surface area contributed by atoms with Crippen LogP contribution in [-0.2, 0) is 11.2 Å². The van der Waals surface area contributed by atoms with Gasteiger partial charge in [-0.25, -0.2) is 4.98 Å². The first kappa shape index (κ1) is 13.4. The number of nitrogens with one attached hydrogen (secondary N) is 1. The highest BCUT2D eigenvalue weighted by Crippen LogP contribution is 2.27. The Morgan fingerprint density at radius 3 is 2.95 bits per heavy atom. The van der Waals surface area contributed by atoms with Gasteiger partial charge in [0.15, 0.2) is 0 Å². The predicted octanol–water partition coefficient (Wildman–Crippen LogP) is 2.88. The molecule has 1 amide bonds. The standard InChI is InChI=1S/C15H13IN2O2/c16-12-5-6-14(17-8-12)18-15(19)11-7-10-3-1-2-4-13(10)20-9-11/h1-6,8,11H,7,9H2,(H,17,18,19). The minimum Gasteiger partial charge on any atom is -0.492 e. The van der Waals surface area contributed by atoms with Gasteiger partial charge in [0.1, 0.15) is 18.2 Å². The van der Waals surface area contributed by atoms with Crippen molar-refractivity contribution in [1.82, 2.24) is 4.98 Å². The quantitative estimate of drug-likeness (QED) is 0.816. The summed E-state index contributed by atoms with van der Waals surface area (Å²) in [5.41, 5.74) is 1.08. The van der Waals surface area contributed by atoms with Gasteiger partial charge in [0, 0.05) is 9.77 Å². The van der Waals surface area contributed by atoms with Crippen molar-refractivity contribution < 1.29 is 9.53 Å². The molecule has 0 fully saturated rings. The van der Waals surface area contributed by atoms with Crippen molar-refractivity contribution in [3.05, 3.63) is 51.7 Å². The van der Waals surface area contributed by atoms with Gasteiger partial charge in [0.25, 0.3) is 0 Å². The topological polar surface area (TPSA) is 51.2 Å². The van der Waals surface area contributed by atoms with E-state index < -0.39 is 0 Å². The number of carbonyl (C=O) groups is 1. The highest BCUT2D eigenvalue weighted by Gasteiger charge is 2.25. The van der Waals surface area contributed by atoms with Gasteiger partial charge in [-0.1, -0.05) is 18.2 Å². The molecular formula is C15H13IN2O2. The maximum atomic E-state index is 12.2. The lowest BCUT2D eigenvalue weighted by atomic mass is 9.96. The Morgan fingerprint density at radius 1 is 1.30 bits per heavy atom. The number of aromatic nitrogens is 1. The van der Waals surface area contributed by atoms with Gasteiger partial charge in [-0.3, -0.25) is 4.79 Å². The molecule has 102 valence electrons. The molecule has 2 aromatic rings. The van der Waals surface area contributed by atoms with Crippen LogP contribution in [0.15, 0.2) is 42.6 Å². The van der Waals surface area contributed by atoms with E-state index in [1.165, 1.54) is 0 Å². The summed E-state index contributed by atoms with van der Waals surface area (Å²) in [4.78, 5) is 16.4. The Labute approximate surface area is 130 Å². The molecule has 1 aliphatic rings. The van der Waals surface area contributed by atoms with E-state index in [1.54, 1.807) is 12.3 Å². The number of fused-ring (bicyclic) bond motifs is 1. The Morgan fingerprint density at radius 2 is 2.15 bits per heavy atom. The molecule has 3 rings (SSSR count). The number of nitrogens with zero attached hydrogens (tertiary/aromatic N) is 1. The molecule has 0 radical (unpaired) electrons. The summed E-state index contributed by atoms with van der Waals surface area (Å²) in [5.74, 6) is 1.23. The minimum atomic E-state index is -0.175. The second-order valence-corrected chi connectivity index (χ2v) is 5.92. The number of ether oxygens (including phenoxy) is 1. The molecule has 0 spiro atoms. The lowest BCUT2D eigenvalue weighted by Crippen LogP contribution is -2.32. The Kier molecular flexibility index (Phi) is 3.86. The Hall–Kier alpha value is -1.63. The molecule has 0 saturated heterocycles. The van der Waals surface area contributed by atoms with E-state index >= 15 is 0 Å². The third-order valence-electron chi connectivity index (χ3n) is 3.23. The third kappa shape index (κ3) is 2.92. The lowest BCUT2D eigenvalue weighted by molar-refractivity contribution is -0.121. The SMILES string of the molecule is O=C(Nc1ccc(I)cn1)C1COc2ccccc2C1. The molecule has 1 N–H and O–H groups in total. The second kappa shape index (κ2) is 5.78. The molecule has 5 heteroatoms. The van der Waals surface area contributed by atoms with Crippen molar-refractivity contribution in [2.75, 3.05) is 11.9 Å². The molecule has 20 heavy (non-hydrogen) atoms. The first-order chi connectivity index (χ1) is 9.72. The molecule has 0 bridgehead atoms. The molecule has 0 saturated carbocycles. The van der Waals surface area contributed by atoms with Crippen molar-refractivity contribution >= 4 is 34.3 Å². The van der Waals surface area contributed by atoms with Crippen LogP contribution in [0.4, 0.5) is 5.82 Å². The highest BCUT2D eigenvalue weighted by molar-refractivity contribution is 14.1. The smallest absolute Gasteiger partial charge is 0.232 e. The van der Waals surface area contributed by atoms with Crippen molar-refractivity contribution in [3.63, 3.8) is 0 Å². The third-order valence-corrected chi connectivity index (χ3v) is 3.87. The van der Waals surface area contributed by atoms with Gasteiger partial charge in [-0.15, -0.1) is 0 Å². The van der Waals surface area contributed by atoms with E-state index in [0.29, 0.717) is 18.8 Å². The summed E-state index contributed by atoms with van der Waals surface area (Å²) < 4.78 is 6.67. The average molecular weight is 380 g/mol. The Bertz CT molecular complexity index is 628. The van der Waals surface area contributed by atoms with Crippen LogP contribution in [0.2, 0.25) is 0 Å². The van der Waals surface area contributed by atoms with Crippen LogP contribution >= 0.6 is 22.6 Å². The van der Waals surface area contributed by atoms with E-state index in [2.05, 4.69) is 32.9 Å². The lowest BCUT2D eigenvalue weighted by Gasteiger charge is -2.24. The number of amides is 1. The summed E-state index contributed by atoms with van der Waals surface area (Å²) in [6.45, 7) is 0.410. The zero-order chi connectivity index (χ0) is 13.9. The number of carbonyl (C=O) groups excluding carboxylic acids is 1. The summed E-state index contributed by atoms with van der Waals surface area (Å²) >= 11 is 2.18. The molecule has 1 aromatic carbocycles. The molecule has 1 atom stereocenters. The van der Waals surface area contributed by atoms with Crippen LogP contribution in [0.25, 0.3) is 0 Å². The molecule has 1 unspecified atom stereocenters. The molecular weight excluding hydrogens is 367 g/mol. The first-order valence-electron chi connectivity index (χ1n) is 6.35. The fourth-order valence-electron chi connectivity index (χ4n) is 2.17. The summed E-state index contributed by atoms with van der Waals surface area (Å²) in [5, 5.41) is 2.84. The number of halogens is 1. The second-order valence-electron chi connectivity index (χ2n) is 4.67. The highest BCUT2D eigenvalue weighted by atomic mass is 127. The monoisotopic (exact) mass is 380 g/mol. The molecule has 1 aliphatic heterocycles. The van der Waals surface area contributed by atoms with Gasteiger partial charge >= 0.3 is 0 Å². The number of anilines is 1.